The van der Waals surface area contributed by atoms with Crippen molar-refractivity contribution < 1.29 is 48.8 Å². The third kappa shape index (κ3) is 15.1. The monoisotopic (exact) mass is 549 g/mol. The van der Waals surface area contributed by atoms with Crippen molar-refractivity contribution in [2.24, 2.45) is 0 Å². The van der Waals surface area contributed by atoms with Gasteiger partial charge in [0.1, 0.15) is 17.8 Å². The lowest BCUT2D eigenvalue weighted by Crippen LogP contribution is -2.43. The molecule has 0 saturated heterocycles. The third-order valence-electron chi connectivity index (χ3n) is 5.88. The van der Waals surface area contributed by atoms with Crippen molar-refractivity contribution in [3.05, 3.63) is 29.8 Å². The summed E-state index contributed by atoms with van der Waals surface area (Å²) in [4.78, 5) is 67.8. The average molecular weight is 550 g/mol. The van der Waals surface area contributed by atoms with Gasteiger partial charge in [-0.2, -0.15) is 0 Å². The molecule has 0 spiro atoms. The second-order valence-corrected chi connectivity index (χ2v) is 9.04. The van der Waals surface area contributed by atoms with Crippen LogP contribution in [0, 0.1) is 0 Å². The molecule has 1 rings (SSSR count). The van der Waals surface area contributed by atoms with E-state index in [1.54, 1.807) is 18.4 Å². The number of hydrogen-bond acceptors (Lipinski definition) is 7. The number of unbranched alkanes of at least 4 members (excludes halogenated alkanes) is 6. The molecule has 0 unspecified atom stereocenters. The molecule has 1 aromatic carbocycles. The van der Waals surface area contributed by atoms with Crippen molar-refractivity contribution in [2.75, 3.05) is 6.61 Å². The lowest BCUT2D eigenvalue weighted by atomic mass is 10.1. The number of benzene rings is 1. The molecule has 0 aliphatic rings. The number of carbonyl (C=O) groups excluding carboxylic acids is 3. The minimum Gasteiger partial charge on any atom is -0.494 e. The van der Waals surface area contributed by atoms with E-state index in [9.17, 15) is 33.9 Å². The fourth-order valence-corrected chi connectivity index (χ4v) is 3.68. The first-order valence-corrected chi connectivity index (χ1v) is 13.0. The molecule has 0 saturated carbocycles. The molecule has 1 radical (unpaired) electrons. The van der Waals surface area contributed by atoms with Gasteiger partial charge in [0.15, 0.2) is 6.29 Å². The number of hydrogen-bond donors (Lipinski definition) is 5. The largest absolute Gasteiger partial charge is 0.494 e. The van der Waals surface area contributed by atoms with E-state index >= 15 is 0 Å². The van der Waals surface area contributed by atoms with Crippen LogP contribution in [0.3, 0.4) is 0 Å². The van der Waals surface area contributed by atoms with E-state index in [0.717, 1.165) is 38.5 Å². The first-order chi connectivity index (χ1) is 18.6. The summed E-state index contributed by atoms with van der Waals surface area (Å²) in [6.45, 7) is 0.540. The maximum Gasteiger partial charge on any atom is 0.335 e. The van der Waals surface area contributed by atoms with Gasteiger partial charge < -0.3 is 30.7 Å². The highest BCUT2D eigenvalue weighted by atomic mass is 16.5. The van der Waals surface area contributed by atoms with Crippen molar-refractivity contribution in [3.8, 4) is 5.75 Å². The Morgan fingerprint density at radius 3 is 1.77 bits per heavy atom. The fourth-order valence-electron chi connectivity index (χ4n) is 3.68. The molecule has 0 aliphatic carbocycles. The Bertz CT molecular complexity index is 948. The van der Waals surface area contributed by atoms with E-state index in [-0.39, 0.29) is 37.7 Å². The number of amides is 2. The molecule has 0 fully saturated rings. The molecule has 1 aromatic rings. The zero-order valence-electron chi connectivity index (χ0n) is 21.9. The van der Waals surface area contributed by atoms with Crippen molar-refractivity contribution in [1.82, 2.24) is 10.6 Å². The highest BCUT2D eigenvalue weighted by Crippen LogP contribution is 2.14. The second kappa shape index (κ2) is 19.2. The van der Waals surface area contributed by atoms with Crippen LogP contribution in [-0.2, 0) is 24.0 Å². The van der Waals surface area contributed by atoms with Gasteiger partial charge in [-0.25, -0.2) is 14.4 Å². The van der Waals surface area contributed by atoms with Crippen LogP contribution in [-0.4, -0.2) is 70.0 Å². The first-order valence-electron chi connectivity index (χ1n) is 13.0. The van der Waals surface area contributed by atoms with Crippen molar-refractivity contribution in [2.45, 2.75) is 89.1 Å². The van der Waals surface area contributed by atoms with E-state index in [1.807, 2.05) is 0 Å². The molecular formula is C27H37N2O10. The highest BCUT2D eigenvalue weighted by Gasteiger charge is 2.23. The number of nitrogens with one attached hydrogen (secondary N) is 2. The van der Waals surface area contributed by atoms with Crippen molar-refractivity contribution >= 4 is 36.0 Å². The van der Waals surface area contributed by atoms with Crippen LogP contribution in [0.25, 0.3) is 0 Å². The molecule has 12 nitrogen and oxygen atoms in total. The van der Waals surface area contributed by atoms with E-state index in [4.69, 9.17) is 14.9 Å². The minimum atomic E-state index is -1.31. The van der Waals surface area contributed by atoms with Crippen LogP contribution in [0.1, 0.15) is 87.4 Å². The van der Waals surface area contributed by atoms with Crippen molar-refractivity contribution in [1.29, 1.82) is 0 Å². The van der Waals surface area contributed by atoms with Crippen LogP contribution in [0.2, 0.25) is 0 Å². The number of carbonyl (C=O) groups is 5. The zero-order chi connectivity index (χ0) is 29.0. The molecule has 0 bridgehead atoms. The number of ether oxygens (including phenoxy) is 1. The maximum atomic E-state index is 12.1. The number of aliphatic carboxylic acids is 2. The van der Waals surface area contributed by atoms with Crippen LogP contribution in [0.4, 0.5) is 0 Å². The standard InChI is InChI=1S/C27H37N2O10/c30-17-8-9-21(26(35)36)28-24(32)16-15-22(27(37)38)29-23(31)10-6-4-2-1-3-5-7-18-39-20-13-11-19(12-14-20)25(33)34/h11-14,21-22H,1-10,15-16,18H2,(H,28,32)(H,29,31)(H,33,34)(H,35,36)(H,37,38)/t21-,22-/m0/s1. The molecule has 5 N–H and O–H groups in total. The molecule has 2 atom stereocenters. The van der Waals surface area contributed by atoms with Gasteiger partial charge in [-0.3, -0.25) is 14.4 Å². The topological polar surface area (TPSA) is 196 Å². The SMILES string of the molecule is O=[C]CC[C@H](NC(=O)CC[C@H](NC(=O)CCCCCCCCCOc1ccc(C(=O)O)cc1)C(=O)O)C(=O)O. The Hall–Kier alpha value is -3.96. The molecular weight excluding hydrogens is 512 g/mol. The fraction of sp³-hybridized carbons (Fsp3) is 0.556. The second-order valence-electron chi connectivity index (χ2n) is 9.04. The van der Waals surface area contributed by atoms with Gasteiger partial charge in [0, 0.05) is 19.3 Å². The minimum absolute atomic E-state index is 0.120. The Morgan fingerprint density at radius 1 is 0.718 bits per heavy atom. The summed E-state index contributed by atoms with van der Waals surface area (Å²) in [6, 6.07) is 3.71. The molecule has 39 heavy (non-hydrogen) atoms. The van der Waals surface area contributed by atoms with Crippen LogP contribution in [0.15, 0.2) is 24.3 Å². The van der Waals surface area contributed by atoms with Gasteiger partial charge >= 0.3 is 17.9 Å². The highest BCUT2D eigenvalue weighted by molar-refractivity contribution is 5.87. The number of carboxylic acids is 3. The lowest BCUT2D eigenvalue weighted by molar-refractivity contribution is -0.143. The predicted octanol–water partition coefficient (Wildman–Crippen LogP) is 2.69. The van der Waals surface area contributed by atoms with Gasteiger partial charge in [-0.15, -0.1) is 0 Å². The molecule has 2 amide bonds. The van der Waals surface area contributed by atoms with Gasteiger partial charge in [0.25, 0.3) is 0 Å². The predicted molar refractivity (Wildman–Crippen MR) is 139 cm³/mol. The van der Waals surface area contributed by atoms with E-state index in [2.05, 4.69) is 10.6 Å². The molecule has 0 aliphatic heterocycles. The Morgan fingerprint density at radius 2 is 1.23 bits per heavy atom. The summed E-state index contributed by atoms with van der Waals surface area (Å²) in [6.07, 6.45) is 7.12. The van der Waals surface area contributed by atoms with E-state index in [0.29, 0.717) is 18.8 Å². The third-order valence-corrected chi connectivity index (χ3v) is 5.88. The van der Waals surface area contributed by atoms with Crippen molar-refractivity contribution in [3.63, 3.8) is 0 Å². The number of rotatable bonds is 22. The van der Waals surface area contributed by atoms with E-state index in [1.165, 1.54) is 12.1 Å². The van der Waals surface area contributed by atoms with E-state index < -0.39 is 41.8 Å². The summed E-state index contributed by atoms with van der Waals surface area (Å²) in [5.41, 5.74) is 0.210. The zero-order valence-corrected chi connectivity index (χ0v) is 21.9. The van der Waals surface area contributed by atoms with Gasteiger partial charge in [0.05, 0.1) is 12.2 Å². The first kappa shape index (κ1) is 33.1. The molecule has 12 heteroatoms. The molecule has 0 heterocycles. The summed E-state index contributed by atoms with van der Waals surface area (Å²) >= 11 is 0. The summed E-state index contributed by atoms with van der Waals surface area (Å²) in [7, 11) is 0. The van der Waals surface area contributed by atoms with Gasteiger partial charge in [0.2, 0.25) is 11.8 Å². The Kier molecular flexibility index (Phi) is 16.2. The lowest BCUT2D eigenvalue weighted by Gasteiger charge is -2.16. The number of aromatic carboxylic acids is 1. The summed E-state index contributed by atoms with van der Waals surface area (Å²) < 4.78 is 5.59. The smallest absolute Gasteiger partial charge is 0.335 e. The quantitative estimate of drug-likeness (QED) is 0.134. The molecule has 215 valence electrons. The van der Waals surface area contributed by atoms with Gasteiger partial charge in [-0.05, 0) is 49.9 Å². The summed E-state index contributed by atoms with van der Waals surface area (Å²) in [5.74, 6) is -4.06. The van der Waals surface area contributed by atoms with Crippen LogP contribution in [0.5, 0.6) is 5.75 Å². The Balaban J connectivity index is 2.15. The maximum absolute atomic E-state index is 12.1. The summed E-state index contributed by atoms with van der Waals surface area (Å²) in [5, 5.41) is 31.9. The number of carboxylic acid groups (broad SMARTS) is 3. The average Bonchev–Trinajstić information content (AvgIpc) is 2.89. The normalized spacial score (nSPS) is 12.1. The van der Waals surface area contributed by atoms with Crippen LogP contribution < -0.4 is 15.4 Å². The molecule has 0 aromatic heterocycles. The Labute approximate surface area is 227 Å². The van der Waals surface area contributed by atoms with Gasteiger partial charge in [-0.1, -0.05) is 32.1 Å². The van der Waals surface area contributed by atoms with Crippen LogP contribution >= 0.6 is 0 Å².